The number of thioether (sulfide) groups is 1. The standard InChI is InChI=1S/C16H14N6O6S/c1-2-3-4-28-16(23)10-5-9(21(24)25)6-11(22(26)27)13(10)29-15-12-14(18-7-17-12)19-8-20-15/h5-8,12H,2-4H2,1H3. The summed E-state index contributed by atoms with van der Waals surface area (Å²) in [5.74, 6) is -0.527. The molecule has 1 aromatic carbocycles. The molecule has 0 spiro atoms. The van der Waals surface area contributed by atoms with E-state index in [1.165, 1.54) is 12.7 Å². The van der Waals surface area contributed by atoms with Crippen LogP contribution in [0.5, 0.6) is 0 Å². The van der Waals surface area contributed by atoms with Crippen molar-refractivity contribution in [1.82, 2.24) is 0 Å². The Morgan fingerprint density at radius 1 is 1.21 bits per heavy atom. The maximum Gasteiger partial charge on any atom is 0.339 e. The number of rotatable bonds is 7. The third-order valence-corrected chi connectivity index (χ3v) is 5.05. The topological polar surface area (TPSA) is 162 Å². The van der Waals surface area contributed by atoms with Crippen LogP contribution in [0, 0.1) is 20.2 Å². The molecule has 2 aliphatic rings. The molecule has 150 valence electrons. The number of nitrogens with zero attached hydrogens (tertiary/aromatic N) is 6. The number of esters is 1. The van der Waals surface area contributed by atoms with Gasteiger partial charge in [0.25, 0.3) is 11.4 Å². The van der Waals surface area contributed by atoms with E-state index in [-0.39, 0.29) is 17.1 Å². The number of non-ortho nitro benzene ring substituents is 1. The first-order valence-corrected chi connectivity index (χ1v) is 9.25. The number of amidine groups is 1. The van der Waals surface area contributed by atoms with Gasteiger partial charge < -0.3 is 4.74 Å². The number of carbonyl (C=O) groups is 1. The zero-order chi connectivity index (χ0) is 21.0. The Balaban J connectivity index is 2.06. The van der Waals surface area contributed by atoms with Crippen LogP contribution in [0.1, 0.15) is 30.1 Å². The van der Waals surface area contributed by atoms with Gasteiger partial charge in [0.1, 0.15) is 22.6 Å². The van der Waals surface area contributed by atoms with Crippen LogP contribution in [0.3, 0.4) is 0 Å². The molecule has 0 saturated heterocycles. The third-order valence-electron chi connectivity index (χ3n) is 3.88. The van der Waals surface area contributed by atoms with Gasteiger partial charge in [0.05, 0.1) is 28.1 Å². The number of nitro benzene ring substituents is 2. The molecule has 1 atom stereocenters. The van der Waals surface area contributed by atoms with Gasteiger partial charge in [-0.1, -0.05) is 25.1 Å². The van der Waals surface area contributed by atoms with Crippen LogP contribution in [0.25, 0.3) is 0 Å². The molecule has 0 aromatic heterocycles. The van der Waals surface area contributed by atoms with Gasteiger partial charge in [-0.2, -0.15) is 0 Å². The fourth-order valence-electron chi connectivity index (χ4n) is 2.46. The predicted octanol–water partition coefficient (Wildman–Crippen LogP) is 2.80. The Labute approximate surface area is 167 Å². The summed E-state index contributed by atoms with van der Waals surface area (Å²) in [4.78, 5) is 49.8. The van der Waals surface area contributed by atoms with Crippen molar-refractivity contribution >= 4 is 52.7 Å². The first-order chi connectivity index (χ1) is 13.9. The lowest BCUT2D eigenvalue weighted by Crippen LogP contribution is -2.26. The van der Waals surface area contributed by atoms with Crippen molar-refractivity contribution in [2.45, 2.75) is 30.7 Å². The van der Waals surface area contributed by atoms with E-state index in [1.54, 1.807) is 0 Å². The van der Waals surface area contributed by atoms with Crippen LogP contribution < -0.4 is 0 Å². The lowest BCUT2D eigenvalue weighted by atomic mass is 10.1. The molecular formula is C16H14N6O6S. The minimum atomic E-state index is -0.887. The first-order valence-electron chi connectivity index (χ1n) is 8.43. The molecule has 0 aliphatic carbocycles. The van der Waals surface area contributed by atoms with Crippen LogP contribution >= 0.6 is 11.8 Å². The van der Waals surface area contributed by atoms with E-state index < -0.39 is 33.2 Å². The lowest BCUT2D eigenvalue weighted by molar-refractivity contribution is -0.396. The highest BCUT2D eigenvalue weighted by molar-refractivity contribution is 8.14. The minimum absolute atomic E-state index is 0.0905. The van der Waals surface area contributed by atoms with Crippen LogP contribution in [-0.4, -0.2) is 52.0 Å². The van der Waals surface area contributed by atoms with Gasteiger partial charge in [-0.05, 0) is 6.42 Å². The monoisotopic (exact) mass is 418 g/mol. The molecule has 0 saturated carbocycles. The Kier molecular flexibility index (Phi) is 6.07. The summed E-state index contributed by atoms with van der Waals surface area (Å²) in [6.07, 6.45) is 3.87. The summed E-state index contributed by atoms with van der Waals surface area (Å²) in [5, 5.41) is 23.1. The van der Waals surface area contributed by atoms with E-state index in [2.05, 4.69) is 20.0 Å². The number of hydrogen-bond donors (Lipinski definition) is 0. The van der Waals surface area contributed by atoms with E-state index in [0.717, 1.165) is 30.3 Å². The molecule has 13 heteroatoms. The summed E-state index contributed by atoms with van der Waals surface area (Å²) in [7, 11) is 0. The largest absolute Gasteiger partial charge is 0.462 e. The number of hydrogen-bond acceptors (Lipinski definition) is 11. The number of carbonyl (C=O) groups excluding carboxylic acids is 1. The molecule has 0 radical (unpaired) electrons. The predicted molar refractivity (Wildman–Crippen MR) is 106 cm³/mol. The summed E-state index contributed by atoms with van der Waals surface area (Å²) >= 11 is 0.810. The highest BCUT2D eigenvalue weighted by atomic mass is 32.2. The van der Waals surface area contributed by atoms with Gasteiger partial charge in [0.2, 0.25) is 0 Å². The van der Waals surface area contributed by atoms with Crippen molar-refractivity contribution < 1.29 is 19.4 Å². The summed E-state index contributed by atoms with van der Waals surface area (Å²) < 4.78 is 5.14. The normalized spacial score (nSPS) is 16.8. The van der Waals surface area contributed by atoms with E-state index in [9.17, 15) is 25.0 Å². The molecule has 1 unspecified atom stereocenters. The first kappa shape index (κ1) is 20.3. The number of ether oxygens (including phenoxy) is 1. The van der Waals surface area contributed by atoms with Crippen molar-refractivity contribution in [3.05, 3.63) is 37.9 Å². The lowest BCUT2D eigenvalue weighted by Gasteiger charge is -2.15. The average Bonchev–Trinajstić information content (AvgIpc) is 3.17. The molecule has 0 N–H and O–H groups in total. The summed E-state index contributed by atoms with van der Waals surface area (Å²) in [5.41, 5.74) is -1.47. The van der Waals surface area contributed by atoms with Gasteiger partial charge in [-0.25, -0.2) is 19.8 Å². The minimum Gasteiger partial charge on any atom is -0.462 e. The maximum absolute atomic E-state index is 12.6. The quantitative estimate of drug-likeness (QED) is 0.284. The van der Waals surface area contributed by atoms with Gasteiger partial charge >= 0.3 is 5.97 Å². The number of unbranched alkanes of at least 4 members (excludes halogenated alkanes) is 1. The zero-order valence-electron chi connectivity index (χ0n) is 15.0. The molecule has 0 bridgehead atoms. The van der Waals surface area contributed by atoms with Crippen molar-refractivity contribution in [3.8, 4) is 0 Å². The van der Waals surface area contributed by atoms with E-state index in [0.29, 0.717) is 17.3 Å². The molecule has 3 rings (SSSR count). The van der Waals surface area contributed by atoms with Gasteiger partial charge in [-0.15, -0.1) is 0 Å². The van der Waals surface area contributed by atoms with Crippen molar-refractivity contribution in [3.63, 3.8) is 0 Å². The molecule has 1 aromatic rings. The molecule has 2 aliphatic heterocycles. The van der Waals surface area contributed by atoms with Crippen molar-refractivity contribution in [2.75, 3.05) is 6.61 Å². The molecule has 12 nitrogen and oxygen atoms in total. The molecule has 0 fully saturated rings. The molecular weight excluding hydrogens is 404 g/mol. The second-order valence-electron chi connectivity index (χ2n) is 5.81. The smallest absolute Gasteiger partial charge is 0.339 e. The number of fused-ring (bicyclic) bond motifs is 1. The number of nitro groups is 2. The van der Waals surface area contributed by atoms with Crippen LogP contribution in [-0.2, 0) is 4.74 Å². The summed E-state index contributed by atoms with van der Waals surface area (Å²) in [6, 6.07) is 1.12. The van der Waals surface area contributed by atoms with Gasteiger partial charge in [0.15, 0.2) is 11.9 Å². The SMILES string of the molecule is CCCCOC(=O)c1cc([N+](=O)[O-])cc([N+](=O)[O-])c1SC1=NC=NC2=NC=NC21. The molecule has 2 heterocycles. The number of aliphatic imine (C=N–C) groups is 4. The van der Waals surface area contributed by atoms with E-state index >= 15 is 0 Å². The highest BCUT2D eigenvalue weighted by Gasteiger charge is 2.34. The molecule has 0 amide bonds. The average molecular weight is 418 g/mol. The Bertz CT molecular complexity index is 1000. The van der Waals surface area contributed by atoms with Crippen molar-refractivity contribution in [2.24, 2.45) is 20.0 Å². The molecule has 29 heavy (non-hydrogen) atoms. The second-order valence-corrected chi connectivity index (χ2v) is 6.84. The fourth-order valence-corrected chi connectivity index (χ4v) is 3.54. The Morgan fingerprint density at radius 3 is 2.69 bits per heavy atom. The second kappa shape index (κ2) is 8.68. The van der Waals surface area contributed by atoms with E-state index in [4.69, 9.17) is 4.74 Å². The Hall–Kier alpha value is -3.48. The van der Waals surface area contributed by atoms with Crippen molar-refractivity contribution in [1.29, 1.82) is 0 Å². The number of benzene rings is 1. The van der Waals surface area contributed by atoms with Crippen LogP contribution in [0.15, 0.2) is 37.0 Å². The fraction of sp³-hybridized carbons (Fsp3) is 0.312. The summed E-state index contributed by atoms with van der Waals surface area (Å²) in [6.45, 7) is 1.99. The van der Waals surface area contributed by atoms with Crippen LogP contribution in [0.4, 0.5) is 11.4 Å². The van der Waals surface area contributed by atoms with Gasteiger partial charge in [0, 0.05) is 6.07 Å². The third kappa shape index (κ3) is 4.34. The maximum atomic E-state index is 12.6. The zero-order valence-corrected chi connectivity index (χ0v) is 15.9. The van der Waals surface area contributed by atoms with E-state index in [1.807, 2.05) is 6.92 Å². The Morgan fingerprint density at radius 2 is 2.00 bits per heavy atom. The van der Waals surface area contributed by atoms with Crippen LogP contribution in [0.2, 0.25) is 0 Å². The van der Waals surface area contributed by atoms with Gasteiger partial charge in [-0.3, -0.25) is 25.2 Å². The highest BCUT2D eigenvalue weighted by Crippen LogP contribution is 2.39.